The van der Waals surface area contributed by atoms with Gasteiger partial charge < -0.3 is 10.5 Å². The first-order chi connectivity index (χ1) is 8.56. The summed E-state index contributed by atoms with van der Waals surface area (Å²) in [6, 6.07) is 10.1. The van der Waals surface area contributed by atoms with Crippen molar-refractivity contribution in [2.24, 2.45) is 5.73 Å². The topological polar surface area (TPSA) is 35.2 Å². The zero-order valence-electron chi connectivity index (χ0n) is 10.4. The van der Waals surface area contributed by atoms with Crippen molar-refractivity contribution in [3.05, 3.63) is 49.7 Å². The lowest BCUT2D eigenvalue weighted by Gasteiger charge is -2.14. The largest absolute Gasteiger partial charge is 0.491 e. The van der Waals surface area contributed by atoms with Crippen molar-refractivity contribution >= 4 is 33.9 Å². The van der Waals surface area contributed by atoms with Crippen LogP contribution in [-0.4, -0.2) is 6.10 Å². The van der Waals surface area contributed by atoms with Gasteiger partial charge in [0.05, 0.1) is 15.0 Å². The van der Waals surface area contributed by atoms with E-state index in [0.717, 1.165) is 16.9 Å². The van der Waals surface area contributed by atoms with Gasteiger partial charge in [0.25, 0.3) is 0 Å². The first-order valence-corrected chi connectivity index (χ1v) is 7.78. The van der Waals surface area contributed by atoms with Crippen molar-refractivity contribution in [1.82, 2.24) is 0 Å². The van der Waals surface area contributed by atoms with Crippen molar-refractivity contribution < 1.29 is 4.74 Å². The molecule has 18 heavy (non-hydrogen) atoms. The van der Waals surface area contributed by atoms with Crippen LogP contribution in [0.5, 0.6) is 5.75 Å². The Morgan fingerprint density at radius 1 is 1.22 bits per heavy atom. The monoisotopic (exact) mass is 373 g/mol. The fraction of sp³-hybridized carbons (Fsp3) is 0.286. The lowest BCUT2D eigenvalue weighted by Crippen LogP contribution is -2.12. The normalized spacial score (nSPS) is 12.7. The van der Waals surface area contributed by atoms with Crippen LogP contribution in [0.3, 0.4) is 0 Å². The predicted molar refractivity (Wildman–Crippen MR) is 85.3 cm³/mol. The smallest absolute Gasteiger partial charge is 0.120 e. The number of benzene rings is 1. The van der Waals surface area contributed by atoms with Crippen molar-refractivity contribution in [1.29, 1.82) is 0 Å². The Morgan fingerprint density at radius 3 is 2.61 bits per heavy atom. The molecule has 0 radical (unpaired) electrons. The van der Waals surface area contributed by atoms with E-state index >= 15 is 0 Å². The highest BCUT2D eigenvalue weighted by Crippen LogP contribution is 2.27. The van der Waals surface area contributed by atoms with E-state index in [1.807, 2.05) is 38.1 Å². The van der Waals surface area contributed by atoms with E-state index in [4.69, 9.17) is 10.5 Å². The zero-order valence-corrected chi connectivity index (χ0v) is 13.4. The van der Waals surface area contributed by atoms with E-state index < -0.39 is 0 Å². The summed E-state index contributed by atoms with van der Waals surface area (Å²) >= 11 is 4.03. The summed E-state index contributed by atoms with van der Waals surface area (Å²) < 4.78 is 6.95. The van der Waals surface area contributed by atoms with Crippen molar-refractivity contribution in [3.8, 4) is 5.75 Å². The van der Waals surface area contributed by atoms with Gasteiger partial charge in [0, 0.05) is 0 Å². The SMILES string of the molecule is CC(C)Oc1cccc(C(N)c2csc(I)c2)c1. The van der Waals surface area contributed by atoms with Gasteiger partial charge in [-0.15, -0.1) is 11.3 Å². The minimum atomic E-state index is -0.0829. The van der Waals surface area contributed by atoms with Crippen molar-refractivity contribution in [2.75, 3.05) is 0 Å². The molecule has 1 unspecified atom stereocenters. The predicted octanol–water partition coefficient (Wildman–Crippen LogP) is 4.19. The number of nitrogens with two attached hydrogens (primary N) is 1. The third kappa shape index (κ3) is 3.46. The minimum Gasteiger partial charge on any atom is -0.491 e. The molecule has 96 valence electrons. The average Bonchev–Trinajstić information content (AvgIpc) is 2.74. The van der Waals surface area contributed by atoms with Gasteiger partial charge in [-0.1, -0.05) is 12.1 Å². The number of ether oxygens (including phenoxy) is 1. The van der Waals surface area contributed by atoms with Crippen LogP contribution in [0.15, 0.2) is 35.7 Å². The third-order valence-electron chi connectivity index (χ3n) is 2.54. The molecule has 2 rings (SSSR count). The van der Waals surface area contributed by atoms with Crippen LogP contribution in [-0.2, 0) is 0 Å². The Bertz CT molecular complexity index is 524. The van der Waals surface area contributed by atoms with Gasteiger partial charge in [-0.25, -0.2) is 0 Å². The van der Waals surface area contributed by atoms with E-state index in [-0.39, 0.29) is 12.1 Å². The maximum absolute atomic E-state index is 6.28. The lowest BCUT2D eigenvalue weighted by atomic mass is 10.0. The molecule has 2 nitrogen and oxygen atoms in total. The van der Waals surface area contributed by atoms with E-state index in [1.165, 1.54) is 2.88 Å². The van der Waals surface area contributed by atoms with E-state index in [2.05, 4.69) is 34.0 Å². The highest BCUT2D eigenvalue weighted by atomic mass is 127. The fourth-order valence-corrected chi connectivity index (χ4v) is 3.14. The zero-order chi connectivity index (χ0) is 13.1. The van der Waals surface area contributed by atoms with Gasteiger partial charge >= 0.3 is 0 Å². The molecule has 0 fully saturated rings. The molecule has 4 heteroatoms. The summed E-state index contributed by atoms with van der Waals surface area (Å²) in [4.78, 5) is 0. The van der Waals surface area contributed by atoms with E-state index in [0.29, 0.717) is 0 Å². The molecule has 0 aliphatic carbocycles. The molecule has 1 heterocycles. The number of hydrogen-bond donors (Lipinski definition) is 1. The number of rotatable bonds is 4. The second-order valence-corrected chi connectivity index (χ2v) is 7.21. The lowest BCUT2D eigenvalue weighted by molar-refractivity contribution is 0.242. The average molecular weight is 373 g/mol. The molecule has 0 saturated heterocycles. The molecule has 2 aromatic rings. The number of thiophene rings is 1. The highest BCUT2D eigenvalue weighted by molar-refractivity contribution is 14.1. The van der Waals surface area contributed by atoms with Gasteiger partial charge in [-0.3, -0.25) is 0 Å². The molecule has 0 amide bonds. The molecule has 0 saturated carbocycles. The standard InChI is InChI=1S/C14H16INOS/c1-9(2)17-12-5-3-4-10(6-12)14(16)11-7-13(15)18-8-11/h3-9,14H,16H2,1-2H3. The van der Waals surface area contributed by atoms with E-state index in [9.17, 15) is 0 Å². The molecule has 1 aromatic carbocycles. The summed E-state index contributed by atoms with van der Waals surface area (Å²) in [6.45, 7) is 4.04. The number of halogens is 1. The maximum Gasteiger partial charge on any atom is 0.120 e. The summed E-state index contributed by atoms with van der Waals surface area (Å²) in [5.74, 6) is 0.878. The second kappa shape index (κ2) is 6.04. The van der Waals surface area contributed by atoms with Gasteiger partial charge in [0.1, 0.15) is 5.75 Å². The quantitative estimate of drug-likeness (QED) is 0.816. The van der Waals surface area contributed by atoms with Crippen LogP contribution in [0.4, 0.5) is 0 Å². The third-order valence-corrected chi connectivity index (χ3v) is 4.34. The van der Waals surface area contributed by atoms with E-state index in [1.54, 1.807) is 11.3 Å². The van der Waals surface area contributed by atoms with Gasteiger partial charge in [0.15, 0.2) is 0 Å². The van der Waals surface area contributed by atoms with Crippen LogP contribution in [0.2, 0.25) is 0 Å². The molecule has 0 aliphatic heterocycles. The Balaban J connectivity index is 2.22. The number of hydrogen-bond acceptors (Lipinski definition) is 3. The van der Waals surface area contributed by atoms with Crippen LogP contribution in [0, 0.1) is 2.88 Å². The molecular weight excluding hydrogens is 357 g/mol. The first-order valence-electron chi connectivity index (χ1n) is 5.82. The molecule has 2 N–H and O–H groups in total. The molecule has 1 atom stereocenters. The van der Waals surface area contributed by atoms with Gasteiger partial charge in [-0.05, 0) is 71.1 Å². The summed E-state index contributed by atoms with van der Waals surface area (Å²) in [5, 5.41) is 2.11. The van der Waals surface area contributed by atoms with Crippen LogP contribution in [0.1, 0.15) is 31.0 Å². The molecule has 0 spiro atoms. The van der Waals surface area contributed by atoms with Crippen LogP contribution < -0.4 is 10.5 Å². The Morgan fingerprint density at radius 2 is 2.00 bits per heavy atom. The minimum absolute atomic E-state index is 0.0829. The van der Waals surface area contributed by atoms with Crippen LogP contribution in [0.25, 0.3) is 0 Å². The summed E-state index contributed by atoms with van der Waals surface area (Å²) in [6.07, 6.45) is 0.179. The van der Waals surface area contributed by atoms with Crippen molar-refractivity contribution in [2.45, 2.75) is 26.0 Å². The second-order valence-electron chi connectivity index (χ2n) is 4.40. The Hall–Kier alpha value is -0.590. The van der Waals surface area contributed by atoms with Crippen LogP contribution >= 0.6 is 33.9 Å². The first kappa shape index (κ1) is 13.8. The van der Waals surface area contributed by atoms with Gasteiger partial charge in [0.2, 0.25) is 0 Å². The Labute approximate surface area is 125 Å². The summed E-state index contributed by atoms with van der Waals surface area (Å²) in [5.41, 5.74) is 8.52. The highest BCUT2D eigenvalue weighted by Gasteiger charge is 2.11. The van der Waals surface area contributed by atoms with Crippen molar-refractivity contribution in [3.63, 3.8) is 0 Å². The fourth-order valence-electron chi connectivity index (χ4n) is 1.73. The molecule has 0 aliphatic rings. The molecule has 0 bridgehead atoms. The Kier molecular flexibility index (Phi) is 4.64. The van der Waals surface area contributed by atoms with Gasteiger partial charge in [-0.2, -0.15) is 0 Å². The summed E-state index contributed by atoms with van der Waals surface area (Å²) in [7, 11) is 0. The molecule has 1 aromatic heterocycles. The molecular formula is C14H16INOS. The maximum atomic E-state index is 6.28.